The van der Waals surface area contributed by atoms with Crippen molar-refractivity contribution in [2.24, 2.45) is 5.41 Å². The predicted octanol–water partition coefficient (Wildman–Crippen LogP) is 2.93. The minimum Gasteiger partial charge on any atom is -0.316 e. The van der Waals surface area contributed by atoms with Crippen LogP contribution in [-0.4, -0.2) is 37.1 Å². The number of piperidine rings is 1. The van der Waals surface area contributed by atoms with E-state index in [9.17, 15) is 0 Å². The second-order valence-corrected chi connectivity index (χ2v) is 7.10. The molecule has 0 radical (unpaired) electrons. The Morgan fingerprint density at radius 2 is 2.20 bits per heavy atom. The van der Waals surface area contributed by atoms with Gasteiger partial charge in [-0.15, -0.1) is 0 Å². The molecule has 3 fully saturated rings. The SMILES string of the molecule is Cc1cccc(C2CNCCC23CCN2CCCC23)c1. The fourth-order valence-electron chi connectivity index (χ4n) is 5.24. The summed E-state index contributed by atoms with van der Waals surface area (Å²) in [5, 5.41) is 3.67. The molecular formula is C18H26N2. The minimum atomic E-state index is 0.551. The molecule has 0 aliphatic carbocycles. The lowest BCUT2D eigenvalue weighted by molar-refractivity contribution is 0.112. The van der Waals surface area contributed by atoms with E-state index in [0.29, 0.717) is 11.3 Å². The van der Waals surface area contributed by atoms with Crippen LogP contribution < -0.4 is 5.32 Å². The lowest BCUT2D eigenvalue weighted by atomic mass is 9.63. The van der Waals surface area contributed by atoms with Gasteiger partial charge in [0, 0.05) is 18.5 Å². The highest BCUT2D eigenvalue weighted by Crippen LogP contribution is 2.54. The van der Waals surface area contributed by atoms with Crippen LogP contribution >= 0.6 is 0 Å². The summed E-state index contributed by atoms with van der Waals surface area (Å²) in [5.74, 6) is 0.712. The van der Waals surface area contributed by atoms with E-state index in [1.165, 1.54) is 57.4 Å². The molecule has 3 aliphatic rings. The summed E-state index contributed by atoms with van der Waals surface area (Å²) in [5.41, 5.74) is 3.53. The van der Waals surface area contributed by atoms with Gasteiger partial charge in [-0.25, -0.2) is 0 Å². The lowest BCUT2D eigenvalue weighted by Gasteiger charge is -2.46. The molecule has 0 bridgehead atoms. The third-order valence-corrected chi connectivity index (χ3v) is 6.15. The van der Waals surface area contributed by atoms with E-state index in [1.54, 1.807) is 5.56 Å². The van der Waals surface area contributed by atoms with Crippen molar-refractivity contribution in [1.29, 1.82) is 0 Å². The molecule has 2 heteroatoms. The third-order valence-electron chi connectivity index (χ3n) is 6.15. The molecule has 3 saturated heterocycles. The monoisotopic (exact) mass is 270 g/mol. The van der Waals surface area contributed by atoms with Crippen LogP contribution in [0, 0.1) is 12.3 Å². The van der Waals surface area contributed by atoms with Crippen LogP contribution in [0.15, 0.2) is 24.3 Å². The Labute approximate surface area is 122 Å². The number of aryl methyl sites for hydroxylation is 1. The van der Waals surface area contributed by atoms with E-state index in [1.807, 2.05) is 0 Å². The molecular weight excluding hydrogens is 244 g/mol. The van der Waals surface area contributed by atoms with Gasteiger partial charge in [-0.1, -0.05) is 29.8 Å². The highest BCUT2D eigenvalue weighted by molar-refractivity contribution is 5.30. The minimum absolute atomic E-state index is 0.551. The Bertz CT molecular complexity index is 494. The molecule has 0 aromatic heterocycles. The van der Waals surface area contributed by atoms with Gasteiger partial charge in [-0.05, 0) is 63.2 Å². The Morgan fingerprint density at radius 3 is 3.10 bits per heavy atom. The molecule has 0 saturated carbocycles. The van der Waals surface area contributed by atoms with Gasteiger partial charge in [0.15, 0.2) is 0 Å². The number of hydrogen-bond donors (Lipinski definition) is 1. The zero-order valence-electron chi connectivity index (χ0n) is 12.6. The summed E-state index contributed by atoms with van der Waals surface area (Å²) in [4.78, 5) is 2.79. The van der Waals surface area contributed by atoms with Crippen molar-refractivity contribution in [2.45, 2.75) is 44.6 Å². The summed E-state index contributed by atoms with van der Waals surface area (Å²) in [6, 6.07) is 10.1. The zero-order chi connectivity index (χ0) is 13.6. The normalized spacial score (nSPS) is 37.5. The van der Waals surface area contributed by atoms with Crippen LogP contribution in [0.4, 0.5) is 0 Å². The summed E-state index contributed by atoms with van der Waals surface area (Å²) in [6.45, 7) is 7.30. The summed E-state index contributed by atoms with van der Waals surface area (Å²) in [7, 11) is 0. The molecule has 3 heterocycles. The van der Waals surface area contributed by atoms with Gasteiger partial charge in [-0.2, -0.15) is 0 Å². The third kappa shape index (κ3) is 1.85. The Balaban J connectivity index is 1.73. The first-order chi connectivity index (χ1) is 9.79. The quantitative estimate of drug-likeness (QED) is 0.844. The maximum Gasteiger partial charge on any atom is 0.0159 e. The van der Waals surface area contributed by atoms with Crippen molar-refractivity contribution in [1.82, 2.24) is 10.2 Å². The van der Waals surface area contributed by atoms with Gasteiger partial charge >= 0.3 is 0 Å². The van der Waals surface area contributed by atoms with Crippen LogP contribution in [0.3, 0.4) is 0 Å². The smallest absolute Gasteiger partial charge is 0.0159 e. The molecule has 1 N–H and O–H groups in total. The molecule has 0 amide bonds. The van der Waals surface area contributed by atoms with Crippen LogP contribution in [0.2, 0.25) is 0 Å². The van der Waals surface area contributed by atoms with E-state index >= 15 is 0 Å². The van der Waals surface area contributed by atoms with E-state index in [2.05, 4.69) is 41.4 Å². The molecule has 4 rings (SSSR count). The molecule has 108 valence electrons. The van der Waals surface area contributed by atoms with Crippen molar-refractivity contribution in [3.8, 4) is 0 Å². The lowest BCUT2D eigenvalue weighted by Crippen LogP contribution is -2.49. The Morgan fingerprint density at radius 1 is 1.25 bits per heavy atom. The van der Waals surface area contributed by atoms with E-state index < -0.39 is 0 Å². The average Bonchev–Trinajstić information content (AvgIpc) is 3.05. The first-order valence-electron chi connectivity index (χ1n) is 8.31. The molecule has 1 spiro atoms. The van der Waals surface area contributed by atoms with Crippen LogP contribution in [0.1, 0.15) is 42.7 Å². The van der Waals surface area contributed by atoms with Crippen molar-refractivity contribution >= 4 is 0 Å². The Hall–Kier alpha value is -0.860. The van der Waals surface area contributed by atoms with Gasteiger partial charge in [0.2, 0.25) is 0 Å². The number of rotatable bonds is 1. The standard InChI is InChI=1S/C18H26N2/c1-14-4-2-5-15(12-14)16-13-19-9-7-18(16)8-11-20-10-3-6-17(18)20/h2,4-5,12,16-17,19H,3,6-11,13H2,1H3. The van der Waals surface area contributed by atoms with Crippen LogP contribution in [-0.2, 0) is 0 Å². The van der Waals surface area contributed by atoms with Crippen molar-refractivity contribution in [2.75, 3.05) is 26.2 Å². The molecule has 3 aliphatic heterocycles. The molecule has 1 aromatic rings. The largest absolute Gasteiger partial charge is 0.316 e. The van der Waals surface area contributed by atoms with E-state index in [0.717, 1.165) is 6.04 Å². The first kappa shape index (κ1) is 12.8. The molecule has 3 unspecified atom stereocenters. The average molecular weight is 270 g/mol. The summed E-state index contributed by atoms with van der Waals surface area (Å²) in [6.07, 6.45) is 5.63. The fraction of sp³-hybridized carbons (Fsp3) is 0.667. The van der Waals surface area contributed by atoms with Crippen molar-refractivity contribution in [3.05, 3.63) is 35.4 Å². The highest BCUT2D eigenvalue weighted by Gasteiger charge is 2.54. The van der Waals surface area contributed by atoms with Gasteiger partial charge in [0.1, 0.15) is 0 Å². The van der Waals surface area contributed by atoms with Crippen molar-refractivity contribution in [3.63, 3.8) is 0 Å². The topological polar surface area (TPSA) is 15.3 Å². The van der Waals surface area contributed by atoms with Crippen LogP contribution in [0.25, 0.3) is 0 Å². The second-order valence-electron chi connectivity index (χ2n) is 7.10. The predicted molar refractivity (Wildman–Crippen MR) is 83.1 cm³/mol. The zero-order valence-corrected chi connectivity index (χ0v) is 12.6. The van der Waals surface area contributed by atoms with Gasteiger partial charge < -0.3 is 5.32 Å². The highest BCUT2D eigenvalue weighted by atomic mass is 15.2. The summed E-state index contributed by atoms with van der Waals surface area (Å²) >= 11 is 0. The van der Waals surface area contributed by atoms with Gasteiger partial charge in [0.05, 0.1) is 0 Å². The van der Waals surface area contributed by atoms with E-state index in [4.69, 9.17) is 0 Å². The fourth-order valence-corrected chi connectivity index (χ4v) is 5.24. The van der Waals surface area contributed by atoms with Crippen molar-refractivity contribution < 1.29 is 0 Å². The van der Waals surface area contributed by atoms with E-state index in [-0.39, 0.29) is 0 Å². The number of nitrogens with zero attached hydrogens (tertiary/aromatic N) is 1. The maximum absolute atomic E-state index is 3.67. The molecule has 1 aromatic carbocycles. The number of benzene rings is 1. The first-order valence-corrected chi connectivity index (χ1v) is 8.31. The molecule has 20 heavy (non-hydrogen) atoms. The van der Waals surface area contributed by atoms with Gasteiger partial charge in [-0.3, -0.25) is 4.90 Å². The number of fused-ring (bicyclic) bond motifs is 2. The van der Waals surface area contributed by atoms with Crippen LogP contribution in [0.5, 0.6) is 0 Å². The molecule has 2 nitrogen and oxygen atoms in total. The van der Waals surface area contributed by atoms with Gasteiger partial charge in [0.25, 0.3) is 0 Å². The second kappa shape index (κ2) is 4.85. The summed E-state index contributed by atoms with van der Waals surface area (Å²) < 4.78 is 0. The maximum atomic E-state index is 3.67. The number of nitrogens with one attached hydrogen (secondary N) is 1. The number of hydrogen-bond acceptors (Lipinski definition) is 2. The molecule has 3 atom stereocenters. The Kier molecular flexibility index (Phi) is 3.12.